The lowest BCUT2D eigenvalue weighted by molar-refractivity contribution is 0.164. The fraction of sp³-hybridized carbons (Fsp3) is 0.455. The minimum Gasteiger partial charge on any atom is -0.384 e. The highest BCUT2D eigenvalue weighted by Gasteiger charge is 2.01. The number of ether oxygens (including phenoxy) is 1. The van der Waals surface area contributed by atoms with E-state index >= 15 is 0 Å². The molecule has 0 aromatic carbocycles. The lowest BCUT2D eigenvalue weighted by Crippen LogP contribution is -2.15. The normalized spacial score (nSPS) is 11.8. The van der Waals surface area contributed by atoms with Gasteiger partial charge in [-0.1, -0.05) is 6.92 Å². The predicted molar refractivity (Wildman–Crippen MR) is 58.5 cm³/mol. The lowest BCUT2D eigenvalue weighted by Gasteiger charge is -2.11. The third kappa shape index (κ3) is 3.96. The molecule has 1 atom stereocenters. The van der Waals surface area contributed by atoms with Crippen molar-refractivity contribution in [2.24, 2.45) is 5.92 Å². The van der Waals surface area contributed by atoms with Gasteiger partial charge >= 0.3 is 0 Å². The van der Waals surface area contributed by atoms with Gasteiger partial charge in [-0.15, -0.1) is 0 Å². The van der Waals surface area contributed by atoms with E-state index in [2.05, 4.69) is 17.2 Å². The van der Waals surface area contributed by atoms with Crippen LogP contribution in [0.2, 0.25) is 0 Å². The summed E-state index contributed by atoms with van der Waals surface area (Å²) in [5.74, 6) is 0.450. The molecule has 1 unspecified atom stereocenters. The highest BCUT2D eigenvalue weighted by molar-refractivity contribution is 5.42. The van der Waals surface area contributed by atoms with Crippen molar-refractivity contribution in [1.29, 1.82) is 5.26 Å². The summed E-state index contributed by atoms with van der Waals surface area (Å²) in [6, 6.07) is 5.53. The second-order valence-electron chi connectivity index (χ2n) is 3.49. The Morgan fingerprint density at radius 2 is 2.40 bits per heavy atom. The van der Waals surface area contributed by atoms with Crippen molar-refractivity contribution >= 4 is 5.69 Å². The van der Waals surface area contributed by atoms with Gasteiger partial charge in [0.05, 0.1) is 18.5 Å². The van der Waals surface area contributed by atoms with E-state index in [1.807, 2.05) is 12.1 Å². The number of rotatable bonds is 5. The second-order valence-corrected chi connectivity index (χ2v) is 3.49. The Kier molecular flexibility index (Phi) is 4.58. The van der Waals surface area contributed by atoms with Crippen molar-refractivity contribution in [3.63, 3.8) is 0 Å². The highest BCUT2D eigenvalue weighted by Crippen LogP contribution is 2.06. The van der Waals surface area contributed by atoms with E-state index in [4.69, 9.17) is 10.00 Å². The molecule has 4 nitrogen and oxygen atoms in total. The van der Waals surface area contributed by atoms with Crippen LogP contribution in [0.4, 0.5) is 5.69 Å². The van der Waals surface area contributed by atoms with Gasteiger partial charge in [-0.2, -0.15) is 5.26 Å². The molecule has 0 spiro atoms. The molecule has 1 aromatic rings. The Morgan fingerprint density at radius 1 is 1.60 bits per heavy atom. The zero-order valence-electron chi connectivity index (χ0n) is 9.03. The van der Waals surface area contributed by atoms with Crippen molar-refractivity contribution in [2.45, 2.75) is 6.92 Å². The molecular formula is C11H15N3O. The highest BCUT2D eigenvalue weighted by atomic mass is 16.5. The van der Waals surface area contributed by atoms with Crippen molar-refractivity contribution in [3.05, 3.63) is 24.0 Å². The van der Waals surface area contributed by atoms with Crippen LogP contribution in [0.5, 0.6) is 0 Å². The number of nitrogens with one attached hydrogen (secondary N) is 1. The van der Waals surface area contributed by atoms with Crippen LogP contribution in [0, 0.1) is 17.2 Å². The van der Waals surface area contributed by atoms with Gasteiger partial charge in [-0.05, 0) is 18.1 Å². The summed E-state index contributed by atoms with van der Waals surface area (Å²) < 4.78 is 5.03. The van der Waals surface area contributed by atoms with E-state index in [1.54, 1.807) is 19.4 Å². The Hall–Kier alpha value is -1.60. The topological polar surface area (TPSA) is 57.9 Å². The van der Waals surface area contributed by atoms with Crippen molar-refractivity contribution in [3.8, 4) is 6.07 Å². The van der Waals surface area contributed by atoms with Gasteiger partial charge in [-0.3, -0.25) is 0 Å². The first kappa shape index (κ1) is 11.5. The SMILES string of the molecule is COCC(C)CNc1ccc(C#N)nc1. The number of nitriles is 1. The molecule has 0 radical (unpaired) electrons. The van der Waals surface area contributed by atoms with E-state index in [9.17, 15) is 0 Å². The van der Waals surface area contributed by atoms with Crippen LogP contribution >= 0.6 is 0 Å². The van der Waals surface area contributed by atoms with Gasteiger partial charge in [-0.25, -0.2) is 4.98 Å². The zero-order valence-corrected chi connectivity index (χ0v) is 9.03. The average molecular weight is 205 g/mol. The van der Waals surface area contributed by atoms with Gasteiger partial charge in [0.15, 0.2) is 0 Å². The van der Waals surface area contributed by atoms with Crippen LogP contribution in [0.3, 0.4) is 0 Å². The maximum absolute atomic E-state index is 8.57. The molecular weight excluding hydrogens is 190 g/mol. The molecule has 0 aliphatic carbocycles. The van der Waals surface area contributed by atoms with Crippen LogP contribution in [-0.4, -0.2) is 25.2 Å². The Bertz CT molecular complexity index is 329. The molecule has 1 N–H and O–H groups in total. The van der Waals surface area contributed by atoms with Crippen LogP contribution in [0.25, 0.3) is 0 Å². The summed E-state index contributed by atoms with van der Waals surface area (Å²) in [6.07, 6.45) is 1.66. The van der Waals surface area contributed by atoms with Crippen molar-refractivity contribution in [1.82, 2.24) is 4.98 Å². The molecule has 80 valence electrons. The van der Waals surface area contributed by atoms with Crippen LogP contribution < -0.4 is 5.32 Å². The van der Waals surface area contributed by atoms with E-state index in [1.165, 1.54) is 0 Å². The van der Waals surface area contributed by atoms with Crippen LogP contribution in [0.15, 0.2) is 18.3 Å². The van der Waals surface area contributed by atoms with E-state index < -0.39 is 0 Å². The molecule has 0 aliphatic heterocycles. The van der Waals surface area contributed by atoms with E-state index in [-0.39, 0.29) is 0 Å². The maximum Gasteiger partial charge on any atom is 0.140 e. The molecule has 1 rings (SSSR count). The third-order valence-electron chi connectivity index (χ3n) is 1.98. The first-order valence-corrected chi connectivity index (χ1v) is 4.85. The molecule has 4 heteroatoms. The van der Waals surface area contributed by atoms with Gasteiger partial charge in [0.1, 0.15) is 11.8 Å². The predicted octanol–water partition coefficient (Wildman–Crippen LogP) is 1.65. The molecule has 0 saturated heterocycles. The van der Waals surface area contributed by atoms with Gasteiger partial charge in [0.25, 0.3) is 0 Å². The fourth-order valence-corrected chi connectivity index (χ4v) is 1.20. The summed E-state index contributed by atoms with van der Waals surface area (Å²) in [5, 5.41) is 11.8. The minimum absolute atomic E-state index is 0.436. The zero-order chi connectivity index (χ0) is 11.1. The molecule has 0 bridgehead atoms. The summed E-state index contributed by atoms with van der Waals surface area (Å²) in [6.45, 7) is 3.67. The molecule has 15 heavy (non-hydrogen) atoms. The lowest BCUT2D eigenvalue weighted by atomic mass is 10.2. The fourth-order valence-electron chi connectivity index (χ4n) is 1.20. The van der Waals surface area contributed by atoms with E-state index in [0.29, 0.717) is 11.6 Å². The quantitative estimate of drug-likeness (QED) is 0.794. The number of pyridine rings is 1. The number of aromatic nitrogens is 1. The summed E-state index contributed by atoms with van der Waals surface area (Å²) in [5.41, 5.74) is 1.36. The van der Waals surface area contributed by atoms with E-state index in [0.717, 1.165) is 18.8 Å². The maximum atomic E-state index is 8.57. The van der Waals surface area contributed by atoms with Crippen LogP contribution in [0.1, 0.15) is 12.6 Å². The minimum atomic E-state index is 0.436. The molecule has 0 aliphatic rings. The molecule has 0 amide bonds. The van der Waals surface area contributed by atoms with Crippen molar-refractivity contribution in [2.75, 3.05) is 25.6 Å². The average Bonchev–Trinajstić information content (AvgIpc) is 2.27. The molecule has 1 aromatic heterocycles. The summed E-state index contributed by atoms with van der Waals surface area (Å²) in [7, 11) is 1.69. The Labute approximate surface area is 89.9 Å². The smallest absolute Gasteiger partial charge is 0.140 e. The monoisotopic (exact) mass is 205 g/mol. The molecule has 1 heterocycles. The van der Waals surface area contributed by atoms with Gasteiger partial charge in [0.2, 0.25) is 0 Å². The van der Waals surface area contributed by atoms with Gasteiger partial charge in [0, 0.05) is 13.7 Å². The largest absolute Gasteiger partial charge is 0.384 e. The number of nitrogens with zero attached hydrogens (tertiary/aromatic N) is 2. The Morgan fingerprint density at radius 3 is 2.93 bits per heavy atom. The number of hydrogen-bond acceptors (Lipinski definition) is 4. The number of hydrogen-bond donors (Lipinski definition) is 1. The standard InChI is InChI=1S/C11H15N3O/c1-9(8-15-2)6-13-11-4-3-10(5-12)14-7-11/h3-4,7,9,13H,6,8H2,1-2H3. The Balaban J connectivity index is 2.41. The molecule has 0 fully saturated rings. The number of anilines is 1. The number of methoxy groups -OCH3 is 1. The third-order valence-corrected chi connectivity index (χ3v) is 1.98. The summed E-state index contributed by atoms with van der Waals surface area (Å²) >= 11 is 0. The second kappa shape index (κ2) is 5.99. The first-order chi connectivity index (χ1) is 7.26. The van der Waals surface area contributed by atoms with Crippen LogP contribution in [-0.2, 0) is 4.74 Å². The van der Waals surface area contributed by atoms with Crippen molar-refractivity contribution < 1.29 is 4.74 Å². The first-order valence-electron chi connectivity index (χ1n) is 4.85. The molecule has 0 saturated carbocycles. The summed E-state index contributed by atoms with van der Waals surface area (Å²) in [4.78, 5) is 3.97. The van der Waals surface area contributed by atoms with Gasteiger partial charge < -0.3 is 10.1 Å².